The normalized spacial score (nSPS) is 19.2. The number of thiophene rings is 1. The molecule has 0 amide bonds. The summed E-state index contributed by atoms with van der Waals surface area (Å²) in [4.78, 5) is 5.77. The molecule has 2 aromatic heterocycles. The van der Waals surface area contributed by atoms with Gasteiger partial charge in [0.05, 0.1) is 5.70 Å². The summed E-state index contributed by atoms with van der Waals surface area (Å²) in [6.45, 7) is 0. The van der Waals surface area contributed by atoms with Crippen LogP contribution in [0.15, 0.2) is 76.8 Å². The van der Waals surface area contributed by atoms with E-state index < -0.39 is 0 Å². The van der Waals surface area contributed by atoms with E-state index in [9.17, 15) is 4.39 Å². The SMILES string of the molecule is CSc1nc2n(n1)[C@@H](c1ccc(F)cc1)C1=C(N2)c2ccccc2O[C@@H]1c1cccs1. The van der Waals surface area contributed by atoms with E-state index >= 15 is 0 Å². The second-order valence-electron chi connectivity index (χ2n) is 7.29. The first-order valence-corrected chi connectivity index (χ1v) is 11.9. The van der Waals surface area contributed by atoms with Crippen molar-refractivity contribution in [3.8, 4) is 5.75 Å². The Kier molecular flexibility index (Phi) is 4.36. The molecule has 31 heavy (non-hydrogen) atoms. The first kappa shape index (κ1) is 18.7. The van der Waals surface area contributed by atoms with Crippen LogP contribution >= 0.6 is 23.1 Å². The molecule has 2 aliphatic heterocycles. The van der Waals surface area contributed by atoms with E-state index in [-0.39, 0.29) is 18.0 Å². The third kappa shape index (κ3) is 2.97. The lowest BCUT2D eigenvalue weighted by atomic mass is 9.86. The molecule has 1 N–H and O–H groups in total. The molecule has 0 unspecified atom stereocenters. The molecule has 4 heterocycles. The Labute approximate surface area is 186 Å². The van der Waals surface area contributed by atoms with Gasteiger partial charge in [-0.15, -0.1) is 16.4 Å². The number of rotatable bonds is 3. The molecule has 2 atom stereocenters. The Morgan fingerprint density at radius 2 is 1.94 bits per heavy atom. The summed E-state index contributed by atoms with van der Waals surface area (Å²) in [5.74, 6) is 1.22. The molecule has 0 saturated carbocycles. The zero-order valence-electron chi connectivity index (χ0n) is 16.4. The number of fused-ring (bicyclic) bond motifs is 3. The number of hydrogen-bond acceptors (Lipinski definition) is 6. The number of aromatic nitrogens is 3. The van der Waals surface area contributed by atoms with Gasteiger partial charge in [0.15, 0.2) is 6.10 Å². The number of halogens is 1. The van der Waals surface area contributed by atoms with E-state index in [4.69, 9.17) is 9.84 Å². The predicted octanol–water partition coefficient (Wildman–Crippen LogP) is 5.76. The summed E-state index contributed by atoms with van der Waals surface area (Å²) in [6, 6.07) is 18.4. The number of thioether (sulfide) groups is 1. The van der Waals surface area contributed by atoms with Gasteiger partial charge in [-0.25, -0.2) is 9.07 Å². The van der Waals surface area contributed by atoms with E-state index in [1.165, 1.54) is 23.9 Å². The van der Waals surface area contributed by atoms with E-state index in [0.717, 1.165) is 33.0 Å². The smallest absolute Gasteiger partial charge is 0.227 e. The molecular formula is C23H17FN4OS2. The second-order valence-corrected chi connectivity index (χ2v) is 9.04. The van der Waals surface area contributed by atoms with Crippen molar-refractivity contribution in [3.05, 3.63) is 93.4 Å². The maximum atomic E-state index is 13.8. The summed E-state index contributed by atoms with van der Waals surface area (Å²) < 4.78 is 22.2. The molecule has 6 rings (SSSR count). The Morgan fingerprint density at radius 3 is 2.71 bits per heavy atom. The highest BCUT2D eigenvalue weighted by atomic mass is 32.2. The van der Waals surface area contributed by atoms with E-state index in [0.29, 0.717) is 11.1 Å². The lowest BCUT2D eigenvalue weighted by Crippen LogP contribution is -2.32. The fourth-order valence-corrected chi connectivity index (χ4v) is 5.31. The third-order valence-corrected chi connectivity index (χ3v) is 6.98. The Balaban J connectivity index is 1.64. The van der Waals surface area contributed by atoms with Gasteiger partial charge in [0, 0.05) is 16.0 Å². The summed E-state index contributed by atoms with van der Waals surface area (Å²) in [5.41, 5.74) is 3.93. The molecule has 0 aliphatic carbocycles. The molecule has 8 heteroatoms. The number of benzene rings is 2. The number of para-hydroxylation sites is 1. The van der Waals surface area contributed by atoms with Gasteiger partial charge >= 0.3 is 0 Å². The monoisotopic (exact) mass is 448 g/mol. The maximum Gasteiger partial charge on any atom is 0.227 e. The first-order chi connectivity index (χ1) is 15.2. The minimum atomic E-state index is -0.289. The largest absolute Gasteiger partial charge is 0.480 e. The van der Waals surface area contributed by atoms with Gasteiger partial charge in [-0.2, -0.15) is 4.98 Å². The van der Waals surface area contributed by atoms with Crippen molar-refractivity contribution in [2.24, 2.45) is 0 Å². The van der Waals surface area contributed by atoms with Crippen LogP contribution in [0, 0.1) is 5.82 Å². The van der Waals surface area contributed by atoms with E-state index in [1.54, 1.807) is 11.3 Å². The van der Waals surface area contributed by atoms with Gasteiger partial charge in [0.2, 0.25) is 11.1 Å². The number of hydrogen-bond donors (Lipinski definition) is 1. The van der Waals surface area contributed by atoms with Crippen molar-refractivity contribution >= 4 is 34.7 Å². The molecular weight excluding hydrogens is 431 g/mol. The molecule has 2 aliphatic rings. The van der Waals surface area contributed by atoms with Crippen LogP contribution in [0.25, 0.3) is 5.70 Å². The number of ether oxygens (including phenoxy) is 1. The van der Waals surface area contributed by atoms with Crippen LogP contribution in [-0.2, 0) is 0 Å². The zero-order chi connectivity index (χ0) is 20.9. The average Bonchev–Trinajstić information content (AvgIpc) is 3.47. The number of nitrogens with zero attached hydrogens (tertiary/aromatic N) is 3. The van der Waals surface area contributed by atoms with Gasteiger partial charge < -0.3 is 10.1 Å². The average molecular weight is 449 g/mol. The summed E-state index contributed by atoms with van der Waals surface area (Å²) in [6.07, 6.45) is 1.66. The fraction of sp³-hybridized carbons (Fsp3) is 0.130. The van der Waals surface area contributed by atoms with Crippen LogP contribution in [-0.4, -0.2) is 21.0 Å². The van der Waals surface area contributed by atoms with Crippen LogP contribution in [0.5, 0.6) is 5.75 Å². The molecule has 0 radical (unpaired) electrons. The molecule has 154 valence electrons. The highest BCUT2D eigenvalue weighted by Crippen LogP contribution is 2.51. The van der Waals surface area contributed by atoms with Gasteiger partial charge in [0.25, 0.3) is 0 Å². The van der Waals surface area contributed by atoms with Gasteiger partial charge in [-0.1, -0.05) is 42.1 Å². The lowest BCUT2D eigenvalue weighted by molar-refractivity contribution is 0.226. The Bertz CT molecular complexity index is 1300. The van der Waals surface area contributed by atoms with Gasteiger partial charge in [-0.05, 0) is 47.5 Å². The topological polar surface area (TPSA) is 52.0 Å². The second kappa shape index (κ2) is 7.25. The highest BCUT2D eigenvalue weighted by Gasteiger charge is 2.41. The molecule has 0 fully saturated rings. The molecule has 0 saturated heterocycles. The van der Waals surface area contributed by atoms with Crippen LogP contribution in [0.3, 0.4) is 0 Å². The zero-order valence-corrected chi connectivity index (χ0v) is 18.1. The van der Waals surface area contributed by atoms with Gasteiger partial charge in [0.1, 0.15) is 17.6 Å². The highest BCUT2D eigenvalue weighted by molar-refractivity contribution is 7.98. The van der Waals surface area contributed by atoms with Crippen molar-refractivity contribution in [2.45, 2.75) is 17.3 Å². The van der Waals surface area contributed by atoms with E-state index in [2.05, 4.69) is 21.7 Å². The fourth-order valence-electron chi connectivity index (χ4n) is 4.19. The summed E-state index contributed by atoms with van der Waals surface area (Å²) in [7, 11) is 0. The number of nitrogens with one attached hydrogen (secondary N) is 1. The van der Waals surface area contributed by atoms with Crippen LogP contribution in [0.4, 0.5) is 10.3 Å². The predicted molar refractivity (Wildman–Crippen MR) is 121 cm³/mol. The van der Waals surface area contributed by atoms with Crippen molar-refractivity contribution in [3.63, 3.8) is 0 Å². The minimum Gasteiger partial charge on any atom is -0.480 e. The Morgan fingerprint density at radius 1 is 1.10 bits per heavy atom. The molecule has 0 spiro atoms. The standard InChI is InChI=1S/C23H17FN4OS2/c1-30-23-26-22-25-19-15-5-2-3-6-16(15)29-21(17-7-4-12-31-17)18(19)20(28(22)27-23)13-8-10-14(24)11-9-13/h2-12,20-21H,1H3,(H,25,26,27)/t20-,21+/m0/s1. The van der Waals surface area contributed by atoms with Crippen LogP contribution in [0.2, 0.25) is 0 Å². The molecule has 0 bridgehead atoms. The van der Waals surface area contributed by atoms with Crippen molar-refractivity contribution in [1.82, 2.24) is 14.8 Å². The van der Waals surface area contributed by atoms with Crippen molar-refractivity contribution < 1.29 is 9.13 Å². The van der Waals surface area contributed by atoms with Crippen molar-refractivity contribution in [2.75, 3.05) is 11.6 Å². The molecule has 5 nitrogen and oxygen atoms in total. The Hall–Kier alpha value is -3.10. The van der Waals surface area contributed by atoms with Crippen LogP contribution in [0.1, 0.15) is 28.1 Å². The van der Waals surface area contributed by atoms with Crippen molar-refractivity contribution in [1.29, 1.82) is 0 Å². The van der Waals surface area contributed by atoms with Gasteiger partial charge in [-0.3, -0.25) is 0 Å². The summed E-state index contributed by atoms with van der Waals surface area (Å²) in [5, 5.41) is 11.0. The van der Waals surface area contributed by atoms with E-state index in [1.807, 2.05) is 53.4 Å². The quantitative estimate of drug-likeness (QED) is 0.404. The molecule has 2 aromatic carbocycles. The van der Waals surface area contributed by atoms with Crippen LogP contribution < -0.4 is 10.1 Å². The lowest BCUT2D eigenvalue weighted by Gasteiger charge is -2.38. The summed E-state index contributed by atoms with van der Waals surface area (Å²) >= 11 is 3.14. The maximum absolute atomic E-state index is 13.8. The third-order valence-electron chi connectivity index (χ3n) is 5.53. The molecule has 4 aromatic rings. The first-order valence-electron chi connectivity index (χ1n) is 9.79. The number of anilines is 1. The minimum absolute atomic E-state index is 0.268.